The molecule has 8 heavy (non-hydrogen) atoms. The van der Waals surface area contributed by atoms with E-state index in [1.807, 2.05) is 7.05 Å². The van der Waals surface area contributed by atoms with E-state index < -0.39 is 0 Å². The van der Waals surface area contributed by atoms with Gasteiger partial charge in [0.25, 0.3) is 0 Å². The van der Waals surface area contributed by atoms with Crippen LogP contribution in [0.1, 0.15) is 20.3 Å². The highest BCUT2D eigenvalue weighted by atomic mass is 35.5. The van der Waals surface area contributed by atoms with Crippen molar-refractivity contribution in [2.24, 2.45) is 0 Å². The van der Waals surface area contributed by atoms with Crippen LogP contribution in [0.5, 0.6) is 0 Å². The molecule has 0 aromatic heterocycles. The van der Waals surface area contributed by atoms with Gasteiger partial charge >= 0.3 is 0 Å². The molecule has 0 amide bonds. The van der Waals surface area contributed by atoms with Gasteiger partial charge in [-0.25, -0.2) is 0 Å². The van der Waals surface area contributed by atoms with E-state index in [9.17, 15) is 0 Å². The Labute approximate surface area is 56.0 Å². The summed E-state index contributed by atoms with van der Waals surface area (Å²) in [6, 6.07) is 0.685. The molecule has 52 valence electrons. The monoisotopic (exact) mass is 139 g/mol. The number of nitrogens with one attached hydrogen (secondary N) is 1. The summed E-state index contributed by atoms with van der Waals surface area (Å²) < 4.78 is 6.47. The zero-order valence-corrected chi connectivity index (χ0v) is 6.37. The van der Waals surface area contributed by atoms with Crippen LogP contribution in [0.3, 0.4) is 0 Å². The fraction of sp³-hybridized carbons (Fsp3) is 1.00. The van der Waals surface area contributed by atoms with Gasteiger partial charge in [0.05, 0.1) is 11.9 Å². The average molecular weight is 140 g/mol. The number of halogens is 1. The molecule has 2 N–H and O–H groups in total. The number of hydrogen-bond donors (Lipinski definition) is 2. The summed E-state index contributed by atoms with van der Waals surface area (Å²) in [5, 5.41) is 3.11. The molecule has 0 aliphatic rings. The summed E-state index contributed by atoms with van der Waals surface area (Å²) >= 11 is 3.64. The lowest BCUT2D eigenvalue weighted by atomic mass is 10.3. The molecular formula is C5H14ClNO. The van der Waals surface area contributed by atoms with Gasteiger partial charge < -0.3 is 5.32 Å². The Hall–Kier alpha value is 0.210. The molecule has 0 saturated heterocycles. The molecule has 0 heterocycles. The highest BCUT2D eigenvalue weighted by Crippen LogP contribution is 1.82. The zero-order valence-electron chi connectivity index (χ0n) is 5.61. The molecular weight excluding hydrogens is 126 g/mol. The van der Waals surface area contributed by atoms with E-state index in [1.165, 1.54) is 6.42 Å². The van der Waals surface area contributed by atoms with Crippen molar-refractivity contribution in [3.63, 3.8) is 0 Å². The van der Waals surface area contributed by atoms with Crippen LogP contribution in [0.2, 0.25) is 0 Å². The van der Waals surface area contributed by atoms with Gasteiger partial charge in [-0.05, 0) is 20.4 Å². The quantitative estimate of drug-likeness (QED) is 0.602. The van der Waals surface area contributed by atoms with Crippen molar-refractivity contribution in [2.75, 3.05) is 7.05 Å². The summed E-state index contributed by atoms with van der Waals surface area (Å²) in [5.74, 6) is 0. The summed E-state index contributed by atoms with van der Waals surface area (Å²) in [7, 11) is 1.98. The number of hydrogen-bond acceptors (Lipinski definition) is 2. The lowest BCUT2D eigenvalue weighted by Gasteiger charge is -2.02. The van der Waals surface area contributed by atoms with Crippen LogP contribution in [-0.2, 0) is 0 Å². The first-order valence-corrected chi connectivity index (χ1v) is 2.99. The molecule has 0 radical (unpaired) electrons. The van der Waals surface area contributed by atoms with E-state index in [2.05, 4.69) is 31.0 Å². The van der Waals surface area contributed by atoms with Crippen molar-refractivity contribution >= 4 is 11.9 Å². The minimum Gasteiger partial charge on any atom is -0.317 e. The molecule has 0 bridgehead atoms. The Morgan fingerprint density at radius 3 is 2.00 bits per heavy atom. The second kappa shape index (κ2) is 10.2. The summed E-state index contributed by atoms with van der Waals surface area (Å²) in [4.78, 5) is 0. The Kier molecular flexibility index (Phi) is 14.2. The fourth-order valence-electron chi connectivity index (χ4n) is 0.204. The van der Waals surface area contributed by atoms with Crippen molar-refractivity contribution in [1.29, 1.82) is 0 Å². The molecule has 1 unspecified atom stereocenters. The average Bonchev–Trinajstić information content (AvgIpc) is 1.91. The Balaban J connectivity index is 0. The van der Waals surface area contributed by atoms with Crippen molar-refractivity contribution < 1.29 is 4.66 Å². The lowest BCUT2D eigenvalue weighted by Crippen LogP contribution is -2.19. The molecule has 0 spiro atoms. The third-order valence-corrected chi connectivity index (χ3v) is 1.11. The molecule has 0 aliphatic heterocycles. The van der Waals surface area contributed by atoms with Gasteiger partial charge in [-0.1, -0.05) is 6.92 Å². The van der Waals surface area contributed by atoms with Crippen molar-refractivity contribution in [1.82, 2.24) is 5.32 Å². The van der Waals surface area contributed by atoms with Crippen molar-refractivity contribution in [2.45, 2.75) is 26.3 Å². The predicted octanol–water partition coefficient (Wildman–Crippen LogP) is 1.14. The first kappa shape index (κ1) is 11.1. The van der Waals surface area contributed by atoms with Gasteiger partial charge in [-0.3, -0.25) is 4.66 Å². The van der Waals surface area contributed by atoms with E-state index >= 15 is 0 Å². The molecule has 2 nitrogen and oxygen atoms in total. The second-order valence-electron chi connectivity index (χ2n) is 1.60. The van der Waals surface area contributed by atoms with Gasteiger partial charge in [-0.2, -0.15) is 0 Å². The van der Waals surface area contributed by atoms with Crippen LogP contribution in [-0.4, -0.2) is 17.7 Å². The topological polar surface area (TPSA) is 32.3 Å². The van der Waals surface area contributed by atoms with Crippen molar-refractivity contribution in [3.8, 4) is 0 Å². The number of rotatable bonds is 2. The van der Waals surface area contributed by atoms with E-state index in [0.29, 0.717) is 6.04 Å². The highest BCUT2D eigenvalue weighted by Gasteiger charge is 1.86. The lowest BCUT2D eigenvalue weighted by molar-refractivity contribution is 0.593. The molecule has 0 rings (SSSR count). The molecule has 3 heteroatoms. The first-order valence-electron chi connectivity index (χ1n) is 2.65. The molecule has 0 saturated carbocycles. The predicted molar refractivity (Wildman–Crippen MR) is 36.9 cm³/mol. The van der Waals surface area contributed by atoms with Crippen LogP contribution in [0, 0.1) is 0 Å². The first-order chi connectivity index (χ1) is 3.81. The van der Waals surface area contributed by atoms with Crippen LogP contribution in [0.25, 0.3) is 0 Å². The van der Waals surface area contributed by atoms with Gasteiger partial charge in [0.2, 0.25) is 0 Å². The minimum absolute atomic E-state index is 0.685. The van der Waals surface area contributed by atoms with Gasteiger partial charge in [0.1, 0.15) is 0 Å². The largest absolute Gasteiger partial charge is 0.317 e. The normalized spacial score (nSPS) is 11.6. The van der Waals surface area contributed by atoms with E-state index in [4.69, 9.17) is 4.66 Å². The van der Waals surface area contributed by atoms with Crippen LogP contribution in [0.15, 0.2) is 0 Å². The van der Waals surface area contributed by atoms with E-state index in [0.717, 1.165) is 0 Å². The zero-order chi connectivity index (χ0) is 6.99. The second-order valence-corrected chi connectivity index (χ2v) is 1.60. The summed E-state index contributed by atoms with van der Waals surface area (Å²) in [6.07, 6.45) is 1.22. The van der Waals surface area contributed by atoms with Gasteiger partial charge in [0, 0.05) is 6.04 Å². The Bertz CT molecular complexity index is 31.6. The smallest absolute Gasteiger partial charge is 0.0579 e. The molecule has 1 atom stereocenters. The van der Waals surface area contributed by atoms with Crippen LogP contribution in [0.4, 0.5) is 0 Å². The molecule has 0 aromatic rings. The third-order valence-electron chi connectivity index (χ3n) is 1.11. The third kappa shape index (κ3) is 9.51. The maximum atomic E-state index is 6.47. The fourth-order valence-corrected chi connectivity index (χ4v) is 0.204. The van der Waals surface area contributed by atoms with Crippen molar-refractivity contribution in [3.05, 3.63) is 0 Å². The van der Waals surface area contributed by atoms with Gasteiger partial charge in [-0.15, -0.1) is 0 Å². The highest BCUT2D eigenvalue weighted by molar-refractivity contribution is 6.04. The minimum atomic E-state index is 0.685. The van der Waals surface area contributed by atoms with Crippen LogP contribution < -0.4 is 5.32 Å². The molecule has 0 fully saturated rings. The summed E-state index contributed by atoms with van der Waals surface area (Å²) in [5.41, 5.74) is 0. The summed E-state index contributed by atoms with van der Waals surface area (Å²) in [6.45, 7) is 4.33. The maximum absolute atomic E-state index is 6.47. The Morgan fingerprint density at radius 1 is 1.62 bits per heavy atom. The van der Waals surface area contributed by atoms with Gasteiger partial charge in [0.15, 0.2) is 0 Å². The Morgan fingerprint density at radius 2 is 2.00 bits per heavy atom. The maximum Gasteiger partial charge on any atom is 0.0579 e. The molecule has 0 aromatic carbocycles. The van der Waals surface area contributed by atoms with E-state index in [-0.39, 0.29) is 0 Å². The SMILES string of the molecule is CCC(C)NC.OCl. The van der Waals surface area contributed by atoms with E-state index in [1.54, 1.807) is 0 Å². The van der Waals surface area contributed by atoms with Crippen LogP contribution >= 0.6 is 11.9 Å². The molecule has 0 aliphatic carbocycles. The standard InChI is InChI=1S/C5H13N.ClHO/c1-4-5(2)6-3;1-2/h5-6H,4H2,1-3H3;2H.